The lowest BCUT2D eigenvalue weighted by atomic mass is 9.84. The van der Waals surface area contributed by atoms with Crippen LogP contribution in [0.25, 0.3) is 0 Å². The van der Waals surface area contributed by atoms with Gasteiger partial charge in [-0.05, 0) is 23.3 Å². The lowest BCUT2D eigenvalue weighted by molar-refractivity contribution is -0.142. The molecule has 0 radical (unpaired) electrons. The van der Waals surface area contributed by atoms with Crippen molar-refractivity contribution in [1.29, 1.82) is 0 Å². The van der Waals surface area contributed by atoms with Crippen LogP contribution >= 0.6 is 15.9 Å². The number of alkyl carbamates (subject to hydrolysis) is 1. The van der Waals surface area contributed by atoms with Crippen molar-refractivity contribution >= 4 is 22.0 Å². The Labute approximate surface area is 156 Å². The Bertz CT molecular complexity index is 792. The number of ether oxygens (including phenoxy) is 2. The summed E-state index contributed by atoms with van der Waals surface area (Å²) in [6.07, 6.45) is -5.36. The Hall–Kier alpha value is -2.06. The minimum absolute atomic E-state index is 0.0239. The molecule has 1 N–H and O–H groups in total. The van der Waals surface area contributed by atoms with Crippen molar-refractivity contribution in [3.63, 3.8) is 0 Å². The largest absolute Gasteiger partial charge is 0.445 e. The lowest BCUT2D eigenvalue weighted by Gasteiger charge is -2.43. The maximum Gasteiger partial charge on any atom is 0.416 e. The number of nitrogens with one attached hydrogen (secondary N) is 1. The summed E-state index contributed by atoms with van der Waals surface area (Å²) in [6.45, 7) is -0.0909. The molecule has 0 bridgehead atoms. The highest BCUT2D eigenvalue weighted by Crippen LogP contribution is 2.41. The molecule has 1 saturated heterocycles. The average Bonchev–Trinajstić information content (AvgIpc) is 2.57. The van der Waals surface area contributed by atoms with Crippen LogP contribution in [0.5, 0.6) is 0 Å². The van der Waals surface area contributed by atoms with E-state index >= 15 is 0 Å². The van der Waals surface area contributed by atoms with Crippen LogP contribution in [0, 0.1) is 0 Å². The van der Waals surface area contributed by atoms with Gasteiger partial charge in [0, 0.05) is 4.47 Å². The molecule has 1 aliphatic heterocycles. The first-order valence-corrected chi connectivity index (χ1v) is 8.53. The molecule has 1 heterocycles. The molecule has 2 aromatic carbocycles. The summed E-state index contributed by atoms with van der Waals surface area (Å²) < 4.78 is 50.8. The Morgan fingerprint density at radius 1 is 1.19 bits per heavy atom. The van der Waals surface area contributed by atoms with Crippen molar-refractivity contribution in [2.45, 2.75) is 18.3 Å². The number of hydrogen-bond donors (Lipinski definition) is 1. The van der Waals surface area contributed by atoms with Crippen molar-refractivity contribution in [3.05, 3.63) is 69.7 Å². The first-order chi connectivity index (χ1) is 12.3. The highest BCUT2D eigenvalue weighted by molar-refractivity contribution is 9.10. The predicted molar refractivity (Wildman–Crippen MR) is 91.4 cm³/mol. The van der Waals surface area contributed by atoms with Gasteiger partial charge in [-0.2, -0.15) is 13.2 Å². The third-order valence-corrected chi connectivity index (χ3v) is 4.55. The molecule has 0 atom stereocenters. The van der Waals surface area contributed by atoms with E-state index in [1.54, 1.807) is 24.3 Å². The van der Waals surface area contributed by atoms with E-state index in [1.807, 2.05) is 6.07 Å². The number of hydrogen-bond acceptors (Lipinski definition) is 3. The van der Waals surface area contributed by atoms with Gasteiger partial charge in [-0.1, -0.05) is 52.3 Å². The van der Waals surface area contributed by atoms with E-state index in [4.69, 9.17) is 9.47 Å². The third kappa shape index (κ3) is 4.02. The summed E-state index contributed by atoms with van der Waals surface area (Å²) in [7, 11) is 0. The fraction of sp³-hybridized carbons (Fsp3) is 0.278. The second-order valence-corrected chi connectivity index (χ2v) is 6.86. The first-order valence-electron chi connectivity index (χ1n) is 7.74. The summed E-state index contributed by atoms with van der Waals surface area (Å²) in [5.74, 6) is 0. The van der Waals surface area contributed by atoms with E-state index in [1.165, 1.54) is 12.1 Å². The normalized spacial score (nSPS) is 15.8. The number of halogens is 4. The maximum absolute atomic E-state index is 13.4. The quantitative estimate of drug-likeness (QED) is 0.771. The van der Waals surface area contributed by atoms with E-state index < -0.39 is 23.4 Å². The number of carbonyl (C=O) groups excluding carboxylic acids is 1. The van der Waals surface area contributed by atoms with Crippen LogP contribution in [0.15, 0.2) is 53.0 Å². The second-order valence-electron chi connectivity index (χ2n) is 5.95. The molecule has 0 aliphatic carbocycles. The Kier molecular flexibility index (Phi) is 5.24. The van der Waals surface area contributed by atoms with Gasteiger partial charge in [0.05, 0.1) is 18.8 Å². The molecule has 0 spiro atoms. The predicted octanol–water partition coefficient (Wildman–Crippen LogP) is 4.62. The van der Waals surface area contributed by atoms with Crippen LogP contribution in [0.4, 0.5) is 18.0 Å². The molecule has 0 aromatic heterocycles. The Morgan fingerprint density at radius 3 is 2.46 bits per heavy atom. The number of rotatable bonds is 4. The van der Waals surface area contributed by atoms with Crippen LogP contribution in [-0.2, 0) is 27.8 Å². The average molecular weight is 430 g/mol. The zero-order valence-electron chi connectivity index (χ0n) is 13.5. The topological polar surface area (TPSA) is 47.6 Å². The minimum Gasteiger partial charge on any atom is -0.445 e. The van der Waals surface area contributed by atoms with Crippen molar-refractivity contribution < 1.29 is 27.4 Å². The molecule has 26 heavy (non-hydrogen) atoms. The van der Waals surface area contributed by atoms with Crippen LogP contribution in [0.3, 0.4) is 0 Å². The van der Waals surface area contributed by atoms with Crippen molar-refractivity contribution in [3.8, 4) is 0 Å². The van der Waals surface area contributed by atoms with Gasteiger partial charge in [0.25, 0.3) is 0 Å². The number of amides is 1. The summed E-state index contributed by atoms with van der Waals surface area (Å²) >= 11 is 3.05. The molecular weight excluding hydrogens is 415 g/mol. The zero-order chi connectivity index (χ0) is 18.8. The van der Waals surface area contributed by atoms with Crippen LogP contribution < -0.4 is 5.32 Å². The van der Waals surface area contributed by atoms with Crippen LogP contribution in [0.1, 0.15) is 16.7 Å². The Morgan fingerprint density at radius 2 is 1.88 bits per heavy atom. The fourth-order valence-electron chi connectivity index (χ4n) is 2.72. The number of carbonyl (C=O) groups is 1. The fourth-order valence-corrected chi connectivity index (χ4v) is 3.09. The van der Waals surface area contributed by atoms with Gasteiger partial charge in [-0.3, -0.25) is 0 Å². The minimum atomic E-state index is -4.56. The standard InChI is InChI=1S/C18H15BrF3NO3/c19-13-6-7-14(15(8-13)18(20,21)22)17(10-25-11-17)23-16(24)26-9-12-4-2-1-3-5-12/h1-8H,9-11H2,(H,23,24). The third-order valence-electron chi connectivity index (χ3n) is 4.05. The van der Waals surface area contributed by atoms with Crippen LogP contribution in [-0.4, -0.2) is 19.3 Å². The molecule has 8 heteroatoms. The van der Waals surface area contributed by atoms with Gasteiger partial charge in [0.2, 0.25) is 0 Å². The number of benzene rings is 2. The van der Waals surface area contributed by atoms with E-state index in [2.05, 4.69) is 21.2 Å². The molecule has 0 unspecified atom stereocenters. The monoisotopic (exact) mass is 429 g/mol. The lowest BCUT2D eigenvalue weighted by Crippen LogP contribution is -2.60. The maximum atomic E-state index is 13.4. The summed E-state index contributed by atoms with van der Waals surface area (Å²) in [6, 6.07) is 12.8. The van der Waals surface area contributed by atoms with E-state index in [0.29, 0.717) is 4.47 Å². The zero-order valence-corrected chi connectivity index (χ0v) is 15.1. The first kappa shape index (κ1) is 18.7. The van der Waals surface area contributed by atoms with Gasteiger partial charge in [0.15, 0.2) is 0 Å². The molecule has 1 fully saturated rings. The van der Waals surface area contributed by atoms with Gasteiger partial charge in [0.1, 0.15) is 12.1 Å². The Balaban J connectivity index is 1.78. The van der Waals surface area contributed by atoms with Crippen molar-refractivity contribution in [2.75, 3.05) is 13.2 Å². The van der Waals surface area contributed by atoms with Crippen LogP contribution in [0.2, 0.25) is 0 Å². The van der Waals surface area contributed by atoms with E-state index in [9.17, 15) is 18.0 Å². The van der Waals surface area contributed by atoms with Gasteiger partial charge in [-0.25, -0.2) is 4.79 Å². The number of alkyl halides is 3. The van der Waals surface area contributed by atoms with Gasteiger partial charge in [-0.15, -0.1) is 0 Å². The molecule has 1 aliphatic rings. The van der Waals surface area contributed by atoms with Crippen molar-refractivity contribution in [2.24, 2.45) is 0 Å². The SMILES string of the molecule is O=C(NC1(c2ccc(Br)cc2C(F)(F)F)COC1)OCc1ccccc1. The smallest absolute Gasteiger partial charge is 0.416 e. The van der Waals surface area contributed by atoms with Gasteiger partial charge >= 0.3 is 12.3 Å². The molecule has 4 nitrogen and oxygen atoms in total. The summed E-state index contributed by atoms with van der Waals surface area (Å²) in [5.41, 5.74) is -1.35. The molecular formula is C18H15BrF3NO3. The van der Waals surface area contributed by atoms with Gasteiger partial charge < -0.3 is 14.8 Å². The molecule has 138 valence electrons. The molecule has 3 rings (SSSR count). The second kappa shape index (κ2) is 7.28. The van der Waals surface area contributed by atoms with E-state index in [-0.39, 0.29) is 25.4 Å². The highest BCUT2D eigenvalue weighted by Gasteiger charge is 2.48. The molecule has 0 saturated carbocycles. The highest BCUT2D eigenvalue weighted by atomic mass is 79.9. The summed E-state index contributed by atoms with van der Waals surface area (Å²) in [5, 5.41) is 2.55. The summed E-state index contributed by atoms with van der Waals surface area (Å²) in [4.78, 5) is 12.1. The van der Waals surface area contributed by atoms with Crippen molar-refractivity contribution in [1.82, 2.24) is 5.32 Å². The molecule has 1 amide bonds. The molecule has 2 aromatic rings. The van der Waals surface area contributed by atoms with E-state index in [0.717, 1.165) is 11.6 Å².